The highest BCUT2D eigenvalue weighted by Crippen LogP contribution is 2.35. The number of hydrogen-bond donors (Lipinski definition) is 0. The van der Waals surface area contributed by atoms with Crippen LogP contribution in [0, 0.1) is 11.3 Å². The third-order valence-electron chi connectivity index (χ3n) is 3.88. The molecule has 0 fully saturated rings. The third kappa shape index (κ3) is 3.87. The molecule has 0 aromatic heterocycles. The standard InChI is InChI=1S/C21H19NO5/c1-13(2)27-21-15(5-4-6-18(21)24-3)9-16(11-22)20(23)14-7-8-17-19(10-14)26-12-25-17/h4-10,13H,12H2,1-3H3. The van der Waals surface area contributed by atoms with Gasteiger partial charge in [-0.25, -0.2) is 0 Å². The number of nitrogens with zero attached hydrogens (tertiary/aromatic N) is 1. The zero-order chi connectivity index (χ0) is 19.4. The molecule has 2 aromatic rings. The number of carbonyl (C=O) groups excluding carboxylic acids is 1. The first kappa shape index (κ1) is 18.3. The Labute approximate surface area is 157 Å². The topological polar surface area (TPSA) is 77.8 Å². The van der Waals surface area contributed by atoms with Crippen LogP contribution >= 0.6 is 0 Å². The molecule has 1 heterocycles. The van der Waals surface area contributed by atoms with Crippen LogP contribution in [0.25, 0.3) is 6.08 Å². The summed E-state index contributed by atoms with van der Waals surface area (Å²) >= 11 is 0. The zero-order valence-electron chi connectivity index (χ0n) is 15.3. The van der Waals surface area contributed by atoms with Gasteiger partial charge in [-0.1, -0.05) is 12.1 Å². The fraction of sp³-hybridized carbons (Fsp3) is 0.238. The highest BCUT2D eigenvalue weighted by molar-refractivity contribution is 6.14. The molecule has 6 heteroatoms. The van der Waals surface area contributed by atoms with Crippen LogP contribution in [0.4, 0.5) is 0 Å². The zero-order valence-corrected chi connectivity index (χ0v) is 15.3. The number of methoxy groups -OCH3 is 1. The molecule has 138 valence electrons. The first-order valence-corrected chi connectivity index (χ1v) is 8.43. The maximum atomic E-state index is 12.8. The SMILES string of the molecule is COc1cccc(C=C(C#N)C(=O)c2ccc3c(c2)OCO3)c1OC(C)C. The lowest BCUT2D eigenvalue weighted by molar-refractivity contribution is 0.103. The average Bonchev–Trinajstić information content (AvgIpc) is 3.13. The van der Waals surface area contributed by atoms with Crippen LogP contribution in [-0.4, -0.2) is 25.8 Å². The van der Waals surface area contributed by atoms with Crippen molar-refractivity contribution in [1.82, 2.24) is 0 Å². The van der Waals surface area contributed by atoms with E-state index in [1.807, 2.05) is 19.9 Å². The summed E-state index contributed by atoms with van der Waals surface area (Å²) in [4.78, 5) is 12.8. The molecule has 0 aliphatic carbocycles. The third-order valence-corrected chi connectivity index (χ3v) is 3.88. The van der Waals surface area contributed by atoms with Crippen molar-refractivity contribution in [3.05, 3.63) is 53.1 Å². The number of ether oxygens (including phenoxy) is 4. The monoisotopic (exact) mass is 365 g/mol. The predicted molar refractivity (Wildman–Crippen MR) is 99.2 cm³/mol. The lowest BCUT2D eigenvalue weighted by Crippen LogP contribution is -2.08. The van der Waals surface area contributed by atoms with E-state index in [4.69, 9.17) is 18.9 Å². The van der Waals surface area contributed by atoms with Crippen molar-refractivity contribution in [3.63, 3.8) is 0 Å². The van der Waals surface area contributed by atoms with Gasteiger partial charge in [-0.15, -0.1) is 0 Å². The molecule has 0 saturated carbocycles. The number of benzene rings is 2. The lowest BCUT2D eigenvalue weighted by Gasteiger charge is -2.16. The van der Waals surface area contributed by atoms with Gasteiger partial charge in [0.1, 0.15) is 11.6 Å². The van der Waals surface area contributed by atoms with E-state index >= 15 is 0 Å². The van der Waals surface area contributed by atoms with E-state index in [-0.39, 0.29) is 18.5 Å². The quantitative estimate of drug-likeness (QED) is 0.437. The Bertz CT molecular complexity index is 940. The number of hydrogen-bond acceptors (Lipinski definition) is 6. The van der Waals surface area contributed by atoms with Crippen molar-refractivity contribution in [1.29, 1.82) is 5.26 Å². The van der Waals surface area contributed by atoms with Gasteiger partial charge in [0, 0.05) is 11.1 Å². The smallest absolute Gasteiger partial charge is 0.231 e. The minimum Gasteiger partial charge on any atom is -0.493 e. The van der Waals surface area contributed by atoms with Gasteiger partial charge in [0.15, 0.2) is 23.0 Å². The van der Waals surface area contributed by atoms with Crippen molar-refractivity contribution in [2.75, 3.05) is 13.9 Å². The number of fused-ring (bicyclic) bond motifs is 1. The van der Waals surface area contributed by atoms with Crippen molar-refractivity contribution in [2.24, 2.45) is 0 Å². The molecule has 0 bridgehead atoms. The molecule has 3 rings (SSSR count). The van der Waals surface area contributed by atoms with Gasteiger partial charge in [0.2, 0.25) is 12.6 Å². The Kier molecular flexibility index (Phi) is 5.32. The number of carbonyl (C=O) groups is 1. The average molecular weight is 365 g/mol. The van der Waals surface area contributed by atoms with Crippen molar-refractivity contribution < 1.29 is 23.7 Å². The Morgan fingerprint density at radius 1 is 1.22 bits per heavy atom. The molecule has 0 N–H and O–H groups in total. The van der Waals surface area contributed by atoms with Crippen molar-refractivity contribution in [2.45, 2.75) is 20.0 Å². The second-order valence-electron chi connectivity index (χ2n) is 6.11. The molecule has 0 radical (unpaired) electrons. The summed E-state index contributed by atoms with van der Waals surface area (Å²) in [5, 5.41) is 9.54. The Balaban J connectivity index is 1.99. The normalized spacial score (nSPS) is 12.6. The first-order chi connectivity index (χ1) is 13.0. The number of rotatable bonds is 6. The molecule has 0 spiro atoms. The number of allylic oxidation sites excluding steroid dienone is 1. The van der Waals surface area contributed by atoms with Crippen LogP contribution in [0.1, 0.15) is 29.8 Å². The maximum Gasteiger partial charge on any atom is 0.231 e. The van der Waals surface area contributed by atoms with Crippen LogP contribution in [0.2, 0.25) is 0 Å². The second-order valence-corrected chi connectivity index (χ2v) is 6.11. The van der Waals surface area contributed by atoms with Gasteiger partial charge in [-0.05, 0) is 44.2 Å². The molecule has 27 heavy (non-hydrogen) atoms. The molecule has 0 saturated heterocycles. The minimum atomic E-state index is -0.408. The summed E-state index contributed by atoms with van der Waals surface area (Å²) in [5.74, 6) is 1.68. The second kappa shape index (κ2) is 7.83. The van der Waals surface area contributed by atoms with E-state index in [2.05, 4.69) is 0 Å². The largest absolute Gasteiger partial charge is 0.493 e. The van der Waals surface area contributed by atoms with E-state index < -0.39 is 5.78 Å². The molecule has 0 amide bonds. The van der Waals surface area contributed by atoms with E-state index in [9.17, 15) is 10.1 Å². The van der Waals surface area contributed by atoms with Crippen LogP contribution in [-0.2, 0) is 0 Å². The Morgan fingerprint density at radius 3 is 2.70 bits per heavy atom. The summed E-state index contributed by atoms with van der Waals surface area (Å²) in [5.41, 5.74) is 0.922. The molecule has 0 unspecified atom stereocenters. The van der Waals surface area contributed by atoms with E-state index in [1.165, 1.54) is 6.08 Å². The molecule has 1 aliphatic heterocycles. The highest BCUT2D eigenvalue weighted by atomic mass is 16.7. The summed E-state index contributed by atoms with van der Waals surface area (Å²) in [6, 6.07) is 12.1. The van der Waals surface area contributed by atoms with E-state index in [1.54, 1.807) is 43.5 Å². The maximum absolute atomic E-state index is 12.8. The molecule has 6 nitrogen and oxygen atoms in total. The molecule has 2 aromatic carbocycles. The van der Waals surface area contributed by atoms with Crippen LogP contribution < -0.4 is 18.9 Å². The van der Waals surface area contributed by atoms with Gasteiger partial charge < -0.3 is 18.9 Å². The number of ketones is 1. The summed E-state index contributed by atoms with van der Waals surface area (Å²) in [6.45, 7) is 3.90. The lowest BCUT2D eigenvalue weighted by atomic mass is 10.0. The van der Waals surface area contributed by atoms with Crippen molar-refractivity contribution >= 4 is 11.9 Å². The number of Topliss-reactive ketones (excluding diaryl/α,β-unsaturated/α-hetero) is 1. The molecular formula is C21H19NO5. The number of nitriles is 1. The van der Waals surface area contributed by atoms with Crippen LogP contribution in [0.3, 0.4) is 0 Å². The number of para-hydroxylation sites is 1. The van der Waals surface area contributed by atoms with E-state index in [0.29, 0.717) is 34.1 Å². The molecule has 1 aliphatic rings. The Hall–Kier alpha value is -3.46. The Morgan fingerprint density at radius 2 is 2.00 bits per heavy atom. The summed E-state index contributed by atoms with van der Waals surface area (Å²) in [7, 11) is 1.54. The van der Waals surface area contributed by atoms with E-state index in [0.717, 1.165) is 0 Å². The van der Waals surface area contributed by atoms with Crippen LogP contribution in [0.15, 0.2) is 42.0 Å². The predicted octanol–water partition coefficient (Wildman–Crippen LogP) is 4.00. The summed E-state index contributed by atoms with van der Waals surface area (Å²) < 4.78 is 21.7. The van der Waals surface area contributed by atoms with Gasteiger partial charge in [0.25, 0.3) is 0 Å². The fourth-order valence-corrected chi connectivity index (χ4v) is 2.67. The molecular weight excluding hydrogens is 346 g/mol. The van der Waals surface area contributed by atoms with Crippen molar-refractivity contribution in [3.8, 4) is 29.1 Å². The molecule has 0 atom stereocenters. The van der Waals surface area contributed by atoms with Gasteiger partial charge in [0.05, 0.1) is 13.2 Å². The minimum absolute atomic E-state index is 0.0178. The van der Waals surface area contributed by atoms with Gasteiger partial charge in [-0.2, -0.15) is 5.26 Å². The first-order valence-electron chi connectivity index (χ1n) is 8.43. The summed E-state index contributed by atoms with van der Waals surface area (Å²) in [6.07, 6.45) is 1.41. The highest BCUT2D eigenvalue weighted by Gasteiger charge is 2.20. The van der Waals surface area contributed by atoms with Gasteiger partial charge >= 0.3 is 0 Å². The fourth-order valence-electron chi connectivity index (χ4n) is 2.67. The van der Waals surface area contributed by atoms with Crippen LogP contribution in [0.5, 0.6) is 23.0 Å². The van der Waals surface area contributed by atoms with Gasteiger partial charge in [-0.3, -0.25) is 4.79 Å².